The van der Waals surface area contributed by atoms with E-state index in [1.165, 1.54) is 19.9 Å². The Morgan fingerprint density at radius 1 is 1.24 bits per heavy atom. The molecule has 0 fully saturated rings. The molecule has 6 nitrogen and oxygen atoms in total. The molecule has 0 amide bonds. The quantitative estimate of drug-likeness (QED) is 0.796. The molecule has 0 unspecified atom stereocenters. The van der Waals surface area contributed by atoms with Crippen molar-refractivity contribution in [2.24, 2.45) is 0 Å². The summed E-state index contributed by atoms with van der Waals surface area (Å²) in [7, 11) is -7.62. The fraction of sp³-hybridized carbons (Fsp3) is 0.455. The molecule has 0 aliphatic rings. The van der Waals surface area contributed by atoms with Crippen LogP contribution >= 0.6 is 11.6 Å². The normalized spacial score (nSPS) is 13.4. The van der Waals surface area contributed by atoms with Crippen molar-refractivity contribution >= 4 is 31.6 Å². The highest BCUT2D eigenvalue weighted by Gasteiger charge is 2.26. The van der Waals surface area contributed by atoms with Crippen LogP contribution in [0.4, 0.5) is 4.39 Å². The molecule has 0 bridgehead atoms. The molecule has 1 aromatic rings. The van der Waals surface area contributed by atoms with Crippen LogP contribution in [0.1, 0.15) is 13.8 Å². The van der Waals surface area contributed by atoms with Crippen molar-refractivity contribution in [1.29, 1.82) is 0 Å². The van der Waals surface area contributed by atoms with Gasteiger partial charge >= 0.3 is 0 Å². The van der Waals surface area contributed by atoms with Crippen molar-refractivity contribution in [1.82, 2.24) is 9.44 Å². The van der Waals surface area contributed by atoms with Crippen molar-refractivity contribution in [3.8, 4) is 0 Å². The zero-order chi connectivity index (χ0) is 16.5. The first-order valence-corrected chi connectivity index (χ1v) is 9.51. The largest absolute Gasteiger partial charge is 0.243 e. The number of sulfonamides is 2. The van der Waals surface area contributed by atoms with Crippen LogP contribution in [0.3, 0.4) is 0 Å². The predicted octanol–water partition coefficient (Wildman–Crippen LogP) is 1.09. The number of hydrogen-bond acceptors (Lipinski definition) is 4. The molecule has 0 saturated heterocycles. The van der Waals surface area contributed by atoms with Crippen LogP contribution in [0, 0.1) is 5.82 Å². The van der Waals surface area contributed by atoms with Crippen LogP contribution in [0.5, 0.6) is 0 Å². The van der Waals surface area contributed by atoms with Crippen molar-refractivity contribution in [2.75, 3.05) is 12.8 Å². The minimum Gasteiger partial charge on any atom is -0.213 e. The van der Waals surface area contributed by atoms with Crippen LogP contribution in [-0.4, -0.2) is 35.2 Å². The molecule has 120 valence electrons. The lowest BCUT2D eigenvalue weighted by molar-refractivity contribution is 0.445. The van der Waals surface area contributed by atoms with E-state index >= 15 is 0 Å². The Morgan fingerprint density at radius 3 is 2.29 bits per heavy atom. The SMILES string of the molecule is CC(C)(CNS(=O)(=O)c1ccc(Cl)cc1F)NS(C)(=O)=O. The van der Waals surface area contributed by atoms with Crippen LogP contribution in [0.15, 0.2) is 23.1 Å². The van der Waals surface area contributed by atoms with Crippen molar-refractivity contribution in [3.05, 3.63) is 29.0 Å². The summed E-state index contributed by atoms with van der Waals surface area (Å²) in [6.07, 6.45) is 0.960. The summed E-state index contributed by atoms with van der Waals surface area (Å²) in [4.78, 5) is -0.554. The van der Waals surface area contributed by atoms with E-state index in [1.54, 1.807) is 0 Å². The van der Waals surface area contributed by atoms with Gasteiger partial charge < -0.3 is 0 Å². The minimum atomic E-state index is -4.11. The Labute approximate surface area is 128 Å². The molecule has 2 N–H and O–H groups in total. The van der Waals surface area contributed by atoms with Gasteiger partial charge in [0.1, 0.15) is 10.7 Å². The average Bonchev–Trinajstić information content (AvgIpc) is 2.23. The van der Waals surface area contributed by atoms with Gasteiger partial charge in [-0.25, -0.2) is 30.7 Å². The molecule has 0 saturated carbocycles. The van der Waals surface area contributed by atoms with E-state index in [-0.39, 0.29) is 11.6 Å². The Bertz CT molecular complexity index is 733. The first kappa shape index (κ1) is 18.3. The number of rotatable bonds is 6. The summed E-state index contributed by atoms with van der Waals surface area (Å²) in [5.41, 5.74) is -1.07. The highest BCUT2D eigenvalue weighted by atomic mass is 35.5. The first-order valence-electron chi connectivity index (χ1n) is 5.76. The maximum absolute atomic E-state index is 13.6. The van der Waals surface area contributed by atoms with Crippen molar-refractivity contribution < 1.29 is 21.2 Å². The fourth-order valence-corrected chi connectivity index (χ4v) is 4.09. The lowest BCUT2D eigenvalue weighted by atomic mass is 10.1. The van der Waals surface area contributed by atoms with E-state index in [0.717, 1.165) is 18.4 Å². The molecule has 0 atom stereocenters. The molecule has 0 aliphatic heterocycles. The number of nitrogens with one attached hydrogen (secondary N) is 2. The first-order chi connectivity index (χ1) is 9.32. The van der Waals surface area contributed by atoms with Gasteiger partial charge in [-0.2, -0.15) is 0 Å². The second kappa shape index (κ2) is 6.17. The molecular formula is C11H16ClFN2O4S2. The van der Waals surface area contributed by atoms with Crippen LogP contribution in [0.2, 0.25) is 5.02 Å². The summed E-state index contributed by atoms with van der Waals surface area (Å²) >= 11 is 5.56. The Morgan fingerprint density at radius 2 is 1.81 bits per heavy atom. The minimum absolute atomic E-state index is 0.0746. The maximum atomic E-state index is 13.6. The molecule has 0 aromatic heterocycles. The van der Waals surface area contributed by atoms with E-state index in [4.69, 9.17) is 11.6 Å². The molecule has 0 spiro atoms. The average molecular weight is 359 g/mol. The Balaban J connectivity index is 2.91. The molecule has 10 heteroatoms. The molecule has 1 rings (SSSR count). The van der Waals surface area contributed by atoms with Gasteiger partial charge in [0.15, 0.2) is 0 Å². The number of hydrogen-bond donors (Lipinski definition) is 2. The van der Waals surface area contributed by atoms with Crippen LogP contribution < -0.4 is 9.44 Å². The highest BCUT2D eigenvalue weighted by Crippen LogP contribution is 2.19. The van der Waals surface area contributed by atoms with Gasteiger partial charge in [-0.3, -0.25) is 0 Å². The third-order valence-electron chi connectivity index (χ3n) is 2.35. The van der Waals surface area contributed by atoms with E-state index < -0.39 is 36.3 Å². The lowest BCUT2D eigenvalue weighted by Crippen LogP contribution is -2.51. The third kappa shape index (κ3) is 5.87. The maximum Gasteiger partial charge on any atom is 0.243 e. The Hall–Kier alpha value is -0.740. The zero-order valence-corrected chi connectivity index (χ0v) is 14.0. The summed E-state index contributed by atoms with van der Waals surface area (Å²) in [6.45, 7) is 2.74. The van der Waals surface area contributed by atoms with E-state index in [1.807, 2.05) is 0 Å². The predicted molar refractivity (Wildman–Crippen MR) is 78.7 cm³/mol. The van der Waals surface area contributed by atoms with Gasteiger partial charge in [-0.05, 0) is 32.0 Å². The molecule has 0 aliphatic carbocycles. The summed E-state index contributed by atoms with van der Waals surface area (Å²) in [5, 5.41) is 0.0746. The van der Waals surface area contributed by atoms with Crippen LogP contribution in [0.25, 0.3) is 0 Å². The van der Waals surface area contributed by atoms with E-state index in [2.05, 4.69) is 9.44 Å². The molecule has 1 aromatic carbocycles. The summed E-state index contributed by atoms with van der Waals surface area (Å²) < 4.78 is 64.4. The van der Waals surface area contributed by atoms with Gasteiger partial charge in [-0.15, -0.1) is 0 Å². The summed E-state index contributed by atoms with van der Waals surface area (Å²) in [5.74, 6) is -0.983. The zero-order valence-electron chi connectivity index (χ0n) is 11.6. The van der Waals surface area contributed by atoms with Crippen LogP contribution in [-0.2, 0) is 20.0 Å². The Kier molecular flexibility index (Phi) is 5.38. The van der Waals surface area contributed by atoms with Gasteiger partial charge in [0.05, 0.1) is 6.26 Å². The standard InChI is InChI=1S/C11H16ClFN2O4S2/c1-11(2,15-20(3,16)17)7-14-21(18,19)10-5-4-8(12)6-9(10)13/h4-6,14-15H,7H2,1-3H3. The molecule has 0 radical (unpaired) electrons. The topological polar surface area (TPSA) is 92.3 Å². The highest BCUT2D eigenvalue weighted by molar-refractivity contribution is 7.89. The van der Waals surface area contributed by atoms with Crippen molar-refractivity contribution in [3.63, 3.8) is 0 Å². The monoisotopic (exact) mass is 358 g/mol. The second-order valence-corrected chi connectivity index (χ2v) is 9.08. The number of halogens is 2. The van der Waals surface area contributed by atoms with Gasteiger partial charge in [0, 0.05) is 17.1 Å². The number of benzene rings is 1. The summed E-state index contributed by atoms with van der Waals surface area (Å²) in [6, 6.07) is 3.17. The second-order valence-electron chi connectivity index (χ2n) is 5.16. The van der Waals surface area contributed by atoms with Gasteiger partial charge in [0.25, 0.3) is 0 Å². The van der Waals surface area contributed by atoms with E-state index in [9.17, 15) is 21.2 Å². The van der Waals surface area contributed by atoms with Gasteiger partial charge in [0.2, 0.25) is 20.0 Å². The van der Waals surface area contributed by atoms with E-state index in [0.29, 0.717) is 0 Å². The third-order valence-corrected chi connectivity index (χ3v) is 4.94. The molecular weight excluding hydrogens is 343 g/mol. The fourth-order valence-electron chi connectivity index (χ4n) is 1.58. The smallest absolute Gasteiger partial charge is 0.213 e. The van der Waals surface area contributed by atoms with Gasteiger partial charge in [-0.1, -0.05) is 11.6 Å². The lowest BCUT2D eigenvalue weighted by Gasteiger charge is -2.25. The van der Waals surface area contributed by atoms with Crippen molar-refractivity contribution in [2.45, 2.75) is 24.3 Å². The molecule has 0 heterocycles. The molecule has 21 heavy (non-hydrogen) atoms.